The molecule has 0 unspecified atom stereocenters. The quantitative estimate of drug-likeness (QED) is 0.653. The van der Waals surface area contributed by atoms with E-state index in [1.165, 1.54) is 0 Å². The third-order valence-corrected chi connectivity index (χ3v) is 0. The molecule has 0 amide bonds. The number of hydrogen-bond donors (Lipinski definition) is 1. The van der Waals surface area contributed by atoms with E-state index in [-0.39, 0.29) is 11.9 Å². The summed E-state index contributed by atoms with van der Waals surface area (Å²) in [6, 6.07) is 0. The van der Waals surface area contributed by atoms with Crippen molar-refractivity contribution in [2.45, 2.75) is 11.2 Å². The van der Waals surface area contributed by atoms with Gasteiger partial charge in [-0.15, -0.1) is 23.2 Å². The highest BCUT2D eigenvalue weighted by Gasteiger charge is 1.78. The van der Waals surface area contributed by atoms with Gasteiger partial charge in [0.25, 0.3) is 0 Å². The fourth-order valence-corrected chi connectivity index (χ4v) is 0. The molecular formula is C4H9Cl5O. The molecule has 66 valence electrons. The van der Waals surface area contributed by atoms with Crippen molar-refractivity contribution >= 4 is 58.0 Å². The first-order chi connectivity index (χ1) is 4.56. The molecule has 1 N–H and O–H groups in total. The number of alkyl halides is 5. The summed E-state index contributed by atoms with van der Waals surface area (Å²) in [7, 11) is 0. The first kappa shape index (κ1) is 17.5. The van der Waals surface area contributed by atoms with Gasteiger partial charge in [-0.1, -0.05) is 34.8 Å². The van der Waals surface area contributed by atoms with Crippen LogP contribution in [-0.4, -0.2) is 21.3 Å². The standard InChI is InChI=1S/C2H6O.CHCl3.CH2Cl2/c1-2-3;2-1(3)4;2-1-3/h3H,2H2,1H3;1H;1H2. The minimum atomic E-state index is -0.750. The molecule has 0 fully saturated rings. The van der Waals surface area contributed by atoms with E-state index >= 15 is 0 Å². The Kier molecular flexibility index (Phi) is 39.2. The molecule has 0 spiro atoms. The molecule has 10 heavy (non-hydrogen) atoms. The third kappa shape index (κ3) is 335. The summed E-state index contributed by atoms with van der Waals surface area (Å²) in [6.07, 6.45) is 0. The van der Waals surface area contributed by atoms with Crippen molar-refractivity contribution in [2.75, 3.05) is 11.9 Å². The molecule has 0 radical (unpaired) electrons. The second-order valence-corrected chi connectivity index (χ2v) is 3.45. The molecule has 0 aromatic heterocycles. The number of hydrogen-bond acceptors (Lipinski definition) is 1. The van der Waals surface area contributed by atoms with Gasteiger partial charge in [0.2, 0.25) is 0 Å². The predicted octanol–water partition coefficient (Wildman–Crippen LogP) is 3.41. The summed E-state index contributed by atoms with van der Waals surface area (Å²) in [5.41, 5.74) is 0. The average Bonchev–Trinajstić information content (AvgIpc) is 1.65. The van der Waals surface area contributed by atoms with Gasteiger partial charge in [-0.3, -0.25) is 0 Å². The van der Waals surface area contributed by atoms with Crippen molar-refractivity contribution in [3.05, 3.63) is 0 Å². The third-order valence-electron chi connectivity index (χ3n) is 0. The van der Waals surface area contributed by atoms with E-state index in [1.54, 1.807) is 6.92 Å². The summed E-state index contributed by atoms with van der Waals surface area (Å²) in [4.78, 5) is 0. The molecule has 1 nitrogen and oxygen atoms in total. The maximum Gasteiger partial charge on any atom is 0.180 e. The van der Waals surface area contributed by atoms with E-state index in [9.17, 15) is 0 Å². The summed E-state index contributed by atoms with van der Waals surface area (Å²) in [5.74, 6) is 0. The SMILES string of the molecule is CCO.ClC(Cl)Cl.ClCCl. The van der Waals surface area contributed by atoms with Crippen molar-refractivity contribution in [1.29, 1.82) is 0 Å². The zero-order valence-corrected chi connectivity index (χ0v) is 9.11. The molecule has 0 aromatic carbocycles. The predicted molar refractivity (Wildman–Crippen MR) is 50.7 cm³/mol. The Morgan fingerprint density at radius 2 is 1.20 bits per heavy atom. The maximum atomic E-state index is 7.57. The maximum absolute atomic E-state index is 7.57. The van der Waals surface area contributed by atoms with Gasteiger partial charge in [-0.25, -0.2) is 0 Å². The van der Waals surface area contributed by atoms with Gasteiger partial charge in [0.15, 0.2) is 4.30 Å². The number of aliphatic hydroxyl groups excluding tert-OH is 1. The molecule has 0 aliphatic rings. The van der Waals surface area contributed by atoms with Crippen molar-refractivity contribution in [2.24, 2.45) is 0 Å². The number of halogens is 5. The Bertz CT molecular complexity index is 30.1. The fourth-order valence-electron chi connectivity index (χ4n) is 0. The molecule has 0 aliphatic carbocycles. The normalized spacial score (nSPS) is 7.20. The lowest BCUT2D eigenvalue weighted by Crippen LogP contribution is -1.57. The van der Waals surface area contributed by atoms with E-state index < -0.39 is 4.30 Å². The van der Waals surface area contributed by atoms with Gasteiger partial charge in [0.1, 0.15) is 0 Å². The highest BCUT2D eigenvalue weighted by Crippen LogP contribution is 2.03. The van der Waals surface area contributed by atoms with Crippen molar-refractivity contribution in [3.63, 3.8) is 0 Å². The molecule has 0 aromatic rings. The summed E-state index contributed by atoms with van der Waals surface area (Å²) >= 11 is 23.9. The highest BCUT2D eigenvalue weighted by atomic mass is 35.6. The number of rotatable bonds is 0. The van der Waals surface area contributed by atoms with Gasteiger partial charge in [0.05, 0.1) is 5.34 Å². The average molecular weight is 250 g/mol. The summed E-state index contributed by atoms with van der Waals surface area (Å²) in [5, 5.41) is 7.76. The van der Waals surface area contributed by atoms with Crippen LogP contribution in [0.3, 0.4) is 0 Å². The molecule has 0 atom stereocenters. The molecular weight excluding hydrogens is 241 g/mol. The zero-order chi connectivity index (χ0) is 8.99. The largest absolute Gasteiger partial charge is 0.397 e. The van der Waals surface area contributed by atoms with Crippen LogP contribution in [0.5, 0.6) is 0 Å². The summed E-state index contributed by atoms with van der Waals surface area (Å²) in [6.45, 7) is 1.93. The lowest BCUT2D eigenvalue weighted by molar-refractivity contribution is 0.318. The second-order valence-electron chi connectivity index (χ2n) is 0.665. The molecule has 0 saturated carbocycles. The first-order valence-corrected chi connectivity index (χ1v) is 4.59. The van der Waals surface area contributed by atoms with E-state index in [4.69, 9.17) is 63.1 Å². The van der Waals surface area contributed by atoms with Crippen LogP contribution in [0.2, 0.25) is 0 Å². The Morgan fingerprint density at radius 3 is 1.20 bits per heavy atom. The highest BCUT2D eigenvalue weighted by molar-refractivity contribution is 6.63. The van der Waals surface area contributed by atoms with Crippen molar-refractivity contribution < 1.29 is 5.11 Å². The molecule has 0 saturated heterocycles. The molecule has 0 heterocycles. The van der Waals surface area contributed by atoms with Gasteiger partial charge in [-0.2, -0.15) is 0 Å². The van der Waals surface area contributed by atoms with Crippen LogP contribution in [0.15, 0.2) is 0 Å². The molecule has 0 rings (SSSR count). The van der Waals surface area contributed by atoms with Gasteiger partial charge < -0.3 is 5.11 Å². The van der Waals surface area contributed by atoms with Gasteiger partial charge in [0, 0.05) is 6.61 Å². The topological polar surface area (TPSA) is 20.2 Å². The minimum Gasteiger partial charge on any atom is -0.397 e. The lowest BCUT2D eigenvalue weighted by atomic mass is 10.9. The Morgan fingerprint density at radius 1 is 1.20 bits per heavy atom. The van der Waals surface area contributed by atoms with Crippen LogP contribution in [0, 0.1) is 0 Å². The minimum absolute atomic E-state index is 0.194. The molecule has 0 aliphatic heterocycles. The van der Waals surface area contributed by atoms with E-state index in [0.29, 0.717) is 0 Å². The van der Waals surface area contributed by atoms with Crippen molar-refractivity contribution in [1.82, 2.24) is 0 Å². The van der Waals surface area contributed by atoms with Crippen LogP contribution in [0.4, 0.5) is 0 Å². The van der Waals surface area contributed by atoms with Crippen molar-refractivity contribution in [3.8, 4) is 0 Å². The van der Waals surface area contributed by atoms with Gasteiger partial charge >= 0.3 is 0 Å². The second kappa shape index (κ2) is 22.4. The zero-order valence-electron chi connectivity index (χ0n) is 5.33. The smallest absolute Gasteiger partial charge is 0.180 e. The monoisotopic (exact) mass is 248 g/mol. The summed E-state index contributed by atoms with van der Waals surface area (Å²) < 4.78 is -0.750. The van der Waals surface area contributed by atoms with E-state index in [2.05, 4.69) is 0 Å². The van der Waals surface area contributed by atoms with Crippen LogP contribution in [-0.2, 0) is 0 Å². The molecule has 0 bridgehead atoms. The Balaban J connectivity index is -0.0000000750. The van der Waals surface area contributed by atoms with Gasteiger partial charge in [-0.05, 0) is 6.92 Å². The Labute approximate surface area is 86.2 Å². The number of aliphatic hydroxyl groups is 1. The van der Waals surface area contributed by atoms with Crippen LogP contribution in [0.25, 0.3) is 0 Å². The van der Waals surface area contributed by atoms with Crippen LogP contribution in [0.1, 0.15) is 6.92 Å². The van der Waals surface area contributed by atoms with Crippen LogP contribution < -0.4 is 0 Å². The van der Waals surface area contributed by atoms with Crippen LogP contribution >= 0.6 is 58.0 Å². The molecule has 6 heteroatoms. The van der Waals surface area contributed by atoms with E-state index in [0.717, 1.165) is 0 Å². The lowest BCUT2D eigenvalue weighted by Gasteiger charge is -1.69. The first-order valence-electron chi connectivity index (χ1n) is 2.21. The fraction of sp³-hybridized carbons (Fsp3) is 1.00. The van der Waals surface area contributed by atoms with E-state index in [1.807, 2.05) is 0 Å². The Hall–Kier alpha value is 1.41.